The maximum atomic E-state index is 11.5. The Hall–Kier alpha value is -3.62. The lowest BCUT2D eigenvalue weighted by atomic mass is 10.3. The van der Waals surface area contributed by atoms with Crippen molar-refractivity contribution in [1.82, 2.24) is 9.78 Å². The molecule has 30 heavy (non-hydrogen) atoms. The van der Waals surface area contributed by atoms with E-state index in [2.05, 4.69) is 15.3 Å². The Bertz CT molecular complexity index is 1320. The number of rotatable bonds is 6. The highest BCUT2D eigenvalue weighted by atomic mass is 32.2. The van der Waals surface area contributed by atoms with E-state index in [1.54, 1.807) is 0 Å². The van der Waals surface area contributed by atoms with E-state index in [4.69, 9.17) is 4.55 Å². The van der Waals surface area contributed by atoms with E-state index in [0.29, 0.717) is 0 Å². The first-order chi connectivity index (χ1) is 14.1. The van der Waals surface area contributed by atoms with Crippen molar-refractivity contribution in [2.75, 3.05) is 0 Å². The second-order valence-electron chi connectivity index (χ2n) is 5.68. The van der Waals surface area contributed by atoms with Gasteiger partial charge in [0.1, 0.15) is 0 Å². The molecule has 0 saturated carbocycles. The molecule has 0 bridgehead atoms. The van der Waals surface area contributed by atoms with Crippen LogP contribution < -0.4 is 0 Å². The highest BCUT2D eigenvalue weighted by Gasteiger charge is 2.24. The van der Waals surface area contributed by atoms with Crippen LogP contribution in [0.15, 0.2) is 68.6 Å². The predicted molar refractivity (Wildman–Crippen MR) is 101 cm³/mol. The maximum Gasteiger partial charge on any atom is 0.358 e. The minimum Gasteiger partial charge on any atom is -0.492 e. The van der Waals surface area contributed by atoms with Crippen molar-refractivity contribution < 1.29 is 36.4 Å². The predicted octanol–water partition coefficient (Wildman–Crippen LogP) is 1.91. The third-order valence-electron chi connectivity index (χ3n) is 3.74. The van der Waals surface area contributed by atoms with E-state index >= 15 is 0 Å². The van der Waals surface area contributed by atoms with Gasteiger partial charge in [0.2, 0.25) is 11.6 Å². The van der Waals surface area contributed by atoms with Crippen LogP contribution in [0.3, 0.4) is 0 Å². The van der Waals surface area contributed by atoms with Crippen molar-refractivity contribution in [2.45, 2.75) is 9.79 Å². The molecular weight excluding hydrogens is 440 g/mol. The van der Waals surface area contributed by atoms with Gasteiger partial charge >= 0.3 is 5.97 Å². The zero-order valence-corrected chi connectivity index (χ0v) is 16.4. The average molecular weight is 452 g/mol. The van der Waals surface area contributed by atoms with Crippen LogP contribution in [0.1, 0.15) is 10.5 Å². The fourth-order valence-corrected chi connectivity index (χ4v) is 3.20. The van der Waals surface area contributed by atoms with Crippen LogP contribution in [-0.2, 0) is 20.8 Å². The summed E-state index contributed by atoms with van der Waals surface area (Å²) in [5.74, 6) is -2.19. The van der Waals surface area contributed by atoms with E-state index < -0.39 is 48.9 Å². The lowest BCUT2D eigenvalue weighted by Gasteiger charge is -2.03. The number of carbonyl (C=O) groups is 1. The van der Waals surface area contributed by atoms with Crippen molar-refractivity contribution in [3.8, 4) is 11.6 Å². The van der Waals surface area contributed by atoms with Gasteiger partial charge in [-0.05, 0) is 48.5 Å². The maximum absolute atomic E-state index is 11.5. The third kappa shape index (κ3) is 4.35. The molecule has 1 heterocycles. The standard InChI is InChI=1S/C16H12N4O8S2/c21-15-13(18-17-9-1-5-11(6-2-9)29(24)25)14(16(22)23)19-20(15)10-3-7-12(8-4-10)30(26,27)28/h1-8,21,29H,(H,22,23)(H,26,27,28)/b18-17+. The molecule has 0 spiro atoms. The number of aromatic nitrogens is 2. The third-order valence-corrected chi connectivity index (χ3v) is 5.33. The number of aromatic hydroxyl groups is 1. The van der Waals surface area contributed by atoms with Gasteiger partial charge in [-0.2, -0.15) is 23.3 Å². The Morgan fingerprint density at radius 3 is 2.10 bits per heavy atom. The summed E-state index contributed by atoms with van der Waals surface area (Å²) in [4.78, 5) is 11.1. The van der Waals surface area contributed by atoms with E-state index in [9.17, 15) is 31.8 Å². The molecule has 0 aliphatic rings. The molecular formula is C16H12N4O8S2. The van der Waals surface area contributed by atoms with Crippen molar-refractivity contribution in [3.63, 3.8) is 0 Å². The zero-order valence-electron chi connectivity index (χ0n) is 14.6. The largest absolute Gasteiger partial charge is 0.492 e. The summed E-state index contributed by atoms with van der Waals surface area (Å²) >= 11 is 0. The van der Waals surface area contributed by atoms with Crippen molar-refractivity contribution >= 4 is 38.2 Å². The van der Waals surface area contributed by atoms with Crippen LogP contribution in [0.4, 0.5) is 11.4 Å². The molecule has 0 amide bonds. The molecule has 0 aliphatic heterocycles. The minimum atomic E-state index is -4.43. The molecule has 2 aromatic carbocycles. The molecule has 0 aliphatic carbocycles. The summed E-state index contributed by atoms with van der Waals surface area (Å²) in [6, 6.07) is 9.66. The first-order valence-corrected chi connectivity index (χ1v) is 10.5. The van der Waals surface area contributed by atoms with E-state index in [-0.39, 0.29) is 16.3 Å². The summed E-state index contributed by atoms with van der Waals surface area (Å²) in [5, 5.41) is 30.9. The molecule has 14 heteroatoms. The average Bonchev–Trinajstić information content (AvgIpc) is 3.02. The molecule has 0 radical (unpaired) electrons. The van der Waals surface area contributed by atoms with Crippen LogP contribution in [0.25, 0.3) is 5.69 Å². The van der Waals surface area contributed by atoms with Crippen molar-refractivity contribution in [1.29, 1.82) is 0 Å². The Kier molecular flexibility index (Phi) is 5.64. The van der Waals surface area contributed by atoms with Gasteiger partial charge in [-0.3, -0.25) is 4.55 Å². The molecule has 156 valence electrons. The van der Waals surface area contributed by atoms with E-state index in [1.165, 1.54) is 36.4 Å². The van der Waals surface area contributed by atoms with Gasteiger partial charge in [0.05, 0.1) is 21.2 Å². The van der Waals surface area contributed by atoms with Gasteiger partial charge in [-0.15, -0.1) is 5.11 Å². The molecule has 3 rings (SSSR count). The summed E-state index contributed by atoms with van der Waals surface area (Å²) in [7, 11) is -7.20. The fourth-order valence-electron chi connectivity index (χ4n) is 2.33. The number of carboxylic acid groups (broad SMARTS) is 1. The molecule has 1 aromatic heterocycles. The number of nitrogens with zero attached hydrogens (tertiary/aromatic N) is 4. The van der Waals surface area contributed by atoms with Gasteiger partial charge in [-0.1, -0.05) is 0 Å². The number of thiol groups is 1. The zero-order chi connectivity index (χ0) is 22.1. The van der Waals surface area contributed by atoms with E-state index in [0.717, 1.165) is 16.8 Å². The number of hydrogen-bond donors (Lipinski definition) is 4. The lowest BCUT2D eigenvalue weighted by Crippen LogP contribution is -2.02. The minimum absolute atomic E-state index is 0.0548. The molecule has 3 N–H and O–H groups in total. The van der Waals surface area contributed by atoms with E-state index in [1.807, 2.05) is 0 Å². The van der Waals surface area contributed by atoms with Crippen LogP contribution >= 0.6 is 0 Å². The molecule has 0 atom stereocenters. The fraction of sp³-hybridized carbons (Fsp3) is 0. The quantitative estimate of drug-likeness (QED) is 0.246. The SMILES string of the molecule is O=C(O)c1nn(-c2ccc(S(=O)(=O)O)cc2)c(O)c1/N=N/c1ccc([SH](=O)=O)cc1. The van der Waals surface area contributed by atoms with Crippen LogP contribution in [-0.4, -0.2) is 47.4 Å². The topological polar surface area (TPSA) is 189 Å². The first-order valence-electron chi connectivity index (χ1n) is 7.87. The van der Waals surface area contributed by atoms with Crippen LogP contribution in [0.2, 0.25) is 0 Å². The second-order valence-corrected chi connectivity index (χ2v) is 8.13. The first kappa shape index (κ1) is 21.1. The summed E-state index contributed by atoms with van der Waals surface area (Å²) in [5.41, 5.74) is -0.821. The molecule has 0 saturated heterocycles. The van der Waals surface area contributed by atoms with Crippen molar-refractivity contribution in [2.24, 2.45) is 10.2 Å². The Morgan fingerprint density at radius 1 is 1.00 bits per heavy atom. The highest BCUT2D eigenvalue weighted by molar-refractivity contribution is 7.85. The summed E-state index contributed by atoms with van der Waals surface area (Å²) < 4.78 is 53.8. The Morgan fingerprint density at radius 2 is 1.60 bits per heavy atom. The molecule has 12 nitrogen and oxygen atoms in total. The smallest absolute Gasteiger partial charge is 0.358 e. The number of hydrogen-bond acceptors (Lipinski definition) is 9. The van der Waals surface area contributed by atoms with Crippen LogP contribution in [0.5, 0.6) is 5.88 Å². The van der Waals surface area contributed by atoms with Gasteiger partial charge in [-0.25, -0.2) is 13.2 Å². The van der Waals surface area contributed by atoms with Crippen LogP contribution in [0, 0.1) is 0 Å². The van der Waals surface area contributed by atoms with Gasteiger partial charge in [0.15, 0.2) is 16.4 Å². The lowest BCUT2D eigenvalue weighted by molar-refractivity contribution is 0.0690. The summed E-state index contributed by atoms with van der Waals surface area (Å²) in [6.07, 6.45) is 0. The molecule has 0 fully saturated rings. The van der Waals surface area contributed by atoms with Gasteiger partial charge in [0.25, 0.3) is 10.1 Å². The number of benzene rings is 2. The number of aromatic carboxylic acids is 1. The summed E-state index contributed by atoms with van der Waals surface area (Å²) in [6.45, 7) is 0. The second kappa shape index (κ2) is 8.02. The Labute approximate surface area is 170 Å². The van der Waals surface area contributed by atoms with Gasteiger partial charge < -0.3 is 10.2 Å². The highest BCUT2D eigenvalue weighted by Crippen LogP contribution is 2.34. The Balaban J connectivity index is 2.01. The van der Waals surface area contributed by atoms with Crippen molar-refractivity contribution in [3.05, 3.63) is 54.2 Å². The van der Waals surface area contributed by atoms with Gasteiger partial charge in [0, 0.05) is 0 Å². The number of azo groups is 1. The molecule has 3 aromatic rings. The number of carboxylic acids is 1. The monoisotopic (exact) mass is 452 g/mol. The normalized spacial score (nSPS) is 11.9. The molecule has 0 unspecified atom stereocenters.